The van der Waals surface area contributed by atoms with Gasteiger partial charge in [0.15, 0.2) is 11.6 Å². The minimum atomic E-state index is 0.635. The molecule has 6 heterocycles. The zero-order chi connectivity index (χ0) is 72.3. The van der Waals surface area contributed by atoms with Crippen molar-refractivity contribution in [1.82, 2.24) is 19.9 Å². The molecule has 0 aliphatic carbocycles. The van der Waals surface area contributed by atoms with E-state index in [1.807, 2.05) is 72.8 Å². The molecule has 0 aliphatic rings. The summed E-state index contributed by atoms with van der Waals surface area (Å²) in [5, 5.41) is 10.9. The normalized spacial score (nSPS) is 11.8. The molecule has 0 aliphatic heterocycles. The zero-order valence-electron chi connectivity index (χ0n) is 59.1. The van der Waals surface area contributed by atoms with Crippen molar-refractivity contribution >= 4 is 98.5 Å². The lowest BCUT2D eigenvalue weighted by molar-refractivity contribution is 0.668. The van der Waals surface area contributed by atoms with Gasteiger partial charge in [-0.2, -0.15) is 0 Å². The van der Waals surface area contributed by atoms with E-state index < -0.39 is 0 Å². The standard InChI is InChI=1S/C102H60N4O4/c1-3-18-66(19-4-1)101-103-87(59-89(105-101)77-51-73(70-43-46-83-81-23-9-12-28-91(81)108-96(83)57-70)50-74(52-77)71-44-47-84-82-24-10-13-29-92(82)109-97(84)58-71)65-40-37-63(38-41-65)62-33-35-64(36-34-62)69-45-48-86-98(56-69)110-95-32-16-27-80(100(86)95)76-53-75(79-26-15-31-94-99(79)85-25-11-14-30-93(85)107-94)54-78(55-76)90-60-88(104-102(106-90)67-20-5-2-6-21-67)72-42-39-61-17-7-8-22-68(61)49-72/h1-60H. The number of furan rings is 4. The molecule has 512 valence electrons. The van der Waals surface area contributed by atoms with Gasteiger partial charge in [0.2, 0.25) is 0 Å². The Morgan fingerprint density at radius 3 is 1.02 bits per heavy atom. The summed E-state index contributed by atoms with van der Waals surface area (Å²) >= 11 is 0. The van der Waals surface area contributed by atoms with E-state index in [0.717, 1.165) is 216 Å². The van der Waals surface area contributed by atoms with Crippen LogP contribution in [-0.2, 0) is 0 Å². The fourth-order valence-electron chi connectivity index (χ4n) is 16.2. The van der Waals surface area contributed by atoms with Gasteiger partial charge >= 0.3 is 0 Å². The van der Waals surface area contributed by atoms with Crippen LogP contribution in [0.15, 0.2) is 382 Å². The fourth-order valence-corrected chi connectivity index (χ4v) is 16.2. The molecule has 8 heteroatoms. The first-order valence-corrected chi connectivity index (χ1v) is 37.0. The first-order valence-electron chi connectivity index (χ1n) is 37.0. The Morgan fingerprint density at radius 1 is 0.155 bits per heavy atom. The van der Waals surface area contributed by atoms with Crippen LogP contribution in [0.5, 0.6) is 0 Å². The van der Waals surface area contributed by atoms with Crippen molar-refractivity contribution in [2.45, 2.75) is 0 Å². The van der Waals surface area contributed by atoms with Gasteiger partial charge < -0.3 is 17.7 Å². The number of aromatic nitrogens is 4. The second-order valence-corrected chi connectivity index (χ2v) is 28.4. The Kier molecular flexibility index (Phi) is 14.5. The van der Waals surface area contributed by atoms with Crippen LogP contribution < -0.4 is 0 Å². The lowest BCUT2D eigenvalue weighted by atomic mass is 9.91. The Hall–Kier alpha value is -14.9. The van der Waals surface area contributed by atoms with Gasteiger partial charge in [-0.25, -0.2) is 19.9 Å². The minimum absolute atomic E-state index is 0.635. The van der Waals surface area contributed by atoms with Crippen molar-refractivity contribution in [2.24, 2.45) is 0 Å². The molecular formula is C102H60N4O4. The molecule has 22 aromatic rings. The van der Waals surface area contributed by atoms with Crippen LogP contribution in [0, 0.1) is 0 Å². The van der Waals surface area contributed by atoms with Gasteiger partial charge in [-0.1, -0.05) is 243 Å². The number of hydrogen-bond acceptors (Lipinski definition) is 8. The summed E-state index contributed by atoms with van der Waals surface area (Å²) in [7, 11) is 0. The molecule has 22 rings (SSSR count). The second kappa shape index (κ2) is 25.4. The van der Waals surface area contributed by atoms with Gasteiger partial charge in [-0.05, 0) is 199 Å². The molecular weight excluding hydrogens is 1350 g/mol. The zero-order valence-corrected chi connectivity index (χ0v) is 59.1. The molecule has 0 N–H and O–H groups in total. The van der Waals surface area contributed by atoms with E-state index >= 15 is 0 Å². The van der Waals surface area contributed by atoms with Gasteiger partial charge in [-0.15, -0.1) is 0 Å². The number of fused-ring (bicyclic) bond motifs is 13. The van der Waals surface area contributed by atoms with E-state index in [2.05, 4.69) is 291 Å². The SMILES string of the molecule is c1ccc(-c2nc(-c3ccc(-c4ccc(-c5ccc6c(c5)oc5cccc(-c7cc(-c8cc(-c9ccc%10ccccc%10c9)nc(-c9ccccc9)n8)cc(-c8cccc9oc%10ccccc%10c89)c7)c56)cc4)cc3)cc(-c3cc(-c4ccc5c(c4)oc4ccccc45)cc(-c4ccc5c(c4)oc4ccccc45)c3)n2)cc1. The van der Waals surface area contributed by atoms with Crippen LogP contribution in [-0.4, -0.2) is 19.9 Å². The molecule has 0 atom stereocenters. The molecule has 110 heavy (non-hydrogen) atoms. The van der Waals surface area contributed by atoms with Crippen molar-refractivity contribution in [2.75, 3.05) is 0 Å². The van der Waals surface area contributed by atoms with Gasteiger partial charge in [-0.3, -0.25) is 0 Å². The Morgan fingerprint density at radius 2 is 0.482 bits per heavy atom. The van der Waals surface area contributed by atoms with E-state index in [1.54, 1.807) is 0 Å². The Balaban J connectivity index is 0.607. The summed E-state index contributed by atoms with van der Waals surface area (Å²) in [5.41, 5.74) is 28.2. The number of rotatable bonds is 12. The van der Waals surface area contributed by atoms with E-state index in [-0.39, 0.29) is 0 Å². The maximum absolute atomic E-state index is 6.91. The summed E-state index contributed by atoms with van der Waals surface area (Å²) in [6.45, 7) is 0. The third kappa shape index (κ3) is 10.9. The van der Waals surface area contributed by atoms with E-state index in [1.165, 1.54) is 5.39 Å². The number of nitrogens with zero attached hydrogens (tertiary/aromatic N) is 4. The molecule has 0 amide bonds. The minimum Gasteiger partial charge on any atom is -0.456 e. The third-order valence-electron chi connectivity index (χ3n) is 21.7. The largest absolute Gasteiger partial charge is 0.456 e. The predicted molar refractivity (Wildman–Crippen MR) is 449 cm³/mol. The van der Waals surface area contributed by atoms with Crippen LogP contribution in [0.3, 0.4) is 0 Å². The van der Waals surface area contributed by atoms with Gasteiger partial charge in [0.25, 0.3) is 0 Å². The maximum atomic E-state index is 6.91. The van der Waals surface area contributed by atoms with Gasteiger partial charge in [0, 0.05) is 76.5 Å². The number of hydrogen-bond donors (Lipinski definition) is 0. The molecule has 0 fully saturated rings. The quantitative estimate of drug-likeness (QED) is 0.119. The predicted octanol–water partition coefficient (Wildman–Crippen LogP) is 28.0. The van der Waals surface area contributed by atoms with Crippen molar-refractivity contribution in [1.29, 1.82) is 0 Å². The van der Waals surface area contributed by atoms with Crippen molar-refractivity contribution < 1.29 is 17.7 Å². The van der Waals surface area contributed by atoms with Crippen LogP contribution in [0.2, 0.25) is 0 Å². The van der Waals surface area contributed by atoms with Crippen LogP contribution in [0.1, 0.15) is 0 Å². The summed E-state index contributed by atoms with van der Waals surface area (Å²) in [6.07, 6.45) is 0. The molecule has 16 aromatic carbocycles. The average Bonchev–Trinajstić information content (AvgIpc) is 1.28. The molecule has 8 nitrogen and oxygen atoms in total. The van der Waals surface area contributed by atoms with Crippen molar-refractivity contribution in [3.8, 4) is 135 Å². The second-order valence-electron chi connectivity index (χ2n) is 28.4. The highest BCUT2D eigenvalue weighted by Gasteiger charge is 2.23. The van der Waals surface area contributed by atoms with Gasteiger partial charge in [0.05, 0.1) is 22.8 Å². The molecule has 0 spiro atoms. The summed E-state index contributed by atoms with van der Waals surface area (Å²) in [6, 6.07) is 128. The average molecular weight is 1410 g/mol. The highest BCUT2D eigenvalue weighted by molar-refractivity contribution is 6.16. The third-order valence-corrected chi connectivity index (χ3v) is 21.7. The molecule has 0 saturated heterocycles. The highest BCUT2D eigenvalue weighted by atomic mass is 16.3. The Labute approximate surface area is 630 Å². The molecule has 0 saturated carbocycles. The highest BCUT2D eigenvalue weighted by Crippen LogP contribution is 2.46. The Bertz CT molecular complexity index is 7320. The van der Waals surface area contributed by atoms with Gasteiger partial charge in [0.1, 0.15) is 44.7 Å². The lowest BCUT2D eigenvalue weighted by Gasteiger charge is -2.14. The van der Waals surface area contributed by atoms with Crippen molar-refractivity contribution in [3.63, 3.8) is 0 Å². The van der Waals surface area contributed by atoms with E-state index in [9.17, 15) is 0 Å². The first-order chi connectivity index (χ1) is 54.4. The lowest BCUT2D eigenvalue weighted by Crippen LogP contribution is -1.97. The summed E-state index contributed by atoms with van der Waals surface area (Å²) in [4.78, 5) is 21.4. The molecule has 6 aromatic heterocycles. The monoisotopic (exact) mass is 1400 g/mol. The number of para-hydroxylation sites is 3. The maximum Gasteiger partial charge on any atom is 0.160 e. The fraction of sp³-hybridized carbons (Fsp3) is 0. The summed E-state index contributed by atoms with van der Waals surface area (Å²) < 4.78 is 26.4. The van der Waals surface area contributed by atoms with Crippen molar-refractivity contribution in [3.05, 3.63) is 364 Å². The van der Waals surface area contributed by atoms with Crippen LogP contribution in [0.4, 0.5) is 0 Å². The topological polar surface area (TPSA) is 104 Å². The molecule has 0 unspecified atom stereocenters. The van der Waals surface area contributed by atoms with Crippen LogP contribution >= 0.6 is 0 Å². The van der Waals surface area contributed by atoms with Crippen LogP contribution in [0.25, 0.3) is 233 Å². The molecule has 0 radical (unpaired) electrons. The number of benzene rings is 16. The summed E-state index contributed by atoms with van der Waals surface area (Å²) in [5.74, 6) is 1.28. The van der Waals surface area contributed by atoms with E-state index in [4.69, 9.17) is 37.6 Å². The van der Waals surface area contributed by atoms with E-state index in [0.29, 0.717) is 11.6 Å². The first kappa shape index (κ1) is 62.5. The smallest absolute Gasteiger partial charge is 0.160 e. The molecule has 0 bridgehead atoms.